The number of rotatable bonds is 12. The molecule has 2 amide bonds. The number of anilines is 1. The number of hydrogen-bond donors (Lipinski definition) is 1. The number of nitrogens with zero attached hydrogens (tertiary/aromatic N) is 2. The van der Waals surface area contributed by atoms with Crippen molar-refractivity contribution in [2.45, 2.75) is 75.9 Å². The van der Waals surface area contributed by atoms with Crippen LogP contribution in [0.1, 0.15) is 54.4 Å². The molecule has 1 atom stereocenters. The van der Waals surface area contributed by atoms with E-state index in [4.69, 9.17) is 0 Å². The topological polar surface area (TPSA) is 86.8 Å². The van der Waals surface area contributed by atoms with Crippen molar-refractivity contribution >= 4 is 27.5 Å². The van der Waals surface area contributed by atoms with Crippen molar-refractivity contribution in [1.82, 2.24) is 10.2 Å². The van der Waals surface area contributed by atoms with Gasteiger partial charge >= 0.3 is 0 Å². The normalized spacial score (nSPS) is 14.3. The number of hydrogen-bond acceptors (Lipinski definition) is 4. The van der Waals surface area contributed by atoms with E-state index < -0.39 is 34.3 Å². The predicted molar refractivity (Wildman–Crippen MR) is 183 cm³/mol. The van der Waals surface area contributed by atoms with Gasteiger partial charge in [0.1, 0.15) is 18.4 Å². The summed E-state index contributed by atoms with van der Waals surface area (Å²) < 4.78 is 43.0. The Hall–Kier alpha value is -4.50. The Bertz CT molecular complexity index is 1740. The van der Waals surface area contributed by atoms with Crippen molar-refractivity contribution in [3.05, 3.63) is 131 Å². The lowest BCUT2D eigenvalue weighted by atomic mass is 9.94. The zero-order valence-electron chi connectivity index (χ0n) is 26.9. The van der Waals surface area contributed by atoms with Crippen LogP contribution in [-0.4, -0.2) is 43.8 Å². The minimum Gasteiger partial charge on any atom is -0.352 e. The average Bonchev–Trinajstić information content (AvgIpc) is 3.07. The zero-order chi connectivity index (χ0) is 33.4. The first-order valence-electron chi connectivity index (χ1n) is 16.1. The summed E-state index contributed by atoms with van der Waals surface area (Å²) >= 11 is 0. The van der Waals surface area contributed by atoms with Gasteiger partial charge in [-0.05, 0) is 74.2 Å². The molecular weight excluding hydrogens is 614 g/mol. The standard InChI is InChI=1S/C38H42FN3O4S/c1-28-13-17-31(18-14-28)26-41(36(25-30-9-5-3-6-10-30)38(44)40-33-11-7-4-8-12-33)37(43)27-42(34-21-15-29(2)16-22-34)47(45,46)35-23-19-32(39)20-24-35/h3,5-6,9-10,13-24,33,36H,4,7-8,11-12,25-27H2,1-2H3,(H,40,44). The maximum atomic E-state index is 14.6. The number of carbonyl (C=O) groups excluding carboxylic acids is 2. The molecule has 1 saturated carbocycles. The van der Waals surface area contributed by atoms with Gasteiger partial charge in [-0.1, -0.05) is 97.1 Å². The number of amides is 2. The van der Waals surface area contributed by atoms with Crippen LogP contribution in [0.25, 0.3) is 0 Å². The summed E-state index contributed by atoms with van der Waals surface area (Å²) in [6, 6.07) is 27.8. The summed E-state index contributed by atoms with van der Waals surface area (Å²) in [6.45, 7) is 3.40. The second kappa shape index (κ2) is 15.4. The van der Waals surface area contributed by atoms with Crippen LogP contribution in [0, 0.1) is 19.7 Å². The van der Waals surface area contributed by atoms with Gasteiger partial charge in [-0.3, -0.25) is 13.9 Å². The SMILES string of the molecule is Cc1ccc(CN(C(=O)CN(c2ccc(C)cc2)S(=O)(=O)c2ccc(F)cc2)C(Cc2ccccc2)C(=O)NC2CCCCC2)cc1. The van der Waals surface area contributed by atoms with Gasteiger partial charge in [0.2, 0.25) is 11.8 Å². The highest BCUT2D eigenvalue weighted by molar-refractivity contribution is 7.92. The van der Waals surface area contributed by atoms with Gasteiger partial charge in [0.15, 0.2) is 0 Å². The molecule has 1 fully saturated rings. The molecule has 0 radical (unpaired) electrons. The third kappa shape index (κ3) is 8.86. The Balaban J connectivity index is 1.55. The smallest absolute Gasteiger partial charge is 0.264 e. The number of nitrogens with one attached hydrogen (secondary N) is 1. The minimum absolute atomic E-state index is 0.0220. The predicted octanol–water partition coefficient (Wildman–Crippen LogP) is 6.73. The number of sulfonamides is 1. The van der Waals surface area contributed by atoms with Gasteiger partial charge in [0.25, 0.3) is 10.0 Å². The molecule has 0 spiro atoms. The molecule has 9 heteroatoms. The highest BCUT2D eigenvalue weighted by atomic mass is 32.2. The highest BCUT2D eigenvalue weighted by Crippen LogP contribution is 2.26. The first-order valence-corrected chi connectivity index (χ1v) is 17.6. The van der Waals surface area contributed by atoms with Crippen LogP contribution < -0.4 is 9.62 Å². The molecule has 0 aliphatic heterocycles. The zero-order valence-corrected chi connectivity index (χ0v) is 27.8. The van der Waals surface area contributed by atoms with Gasteiger partial charge < -0.3 is 10.2 Å². The first-order chi connectivity index (χ1) is 22.6. The van der Waals surface area contributed by atoms with Crippen LogP contribution in [0.2, 0.25) is 0 Å². The van der Waals surface area contributed by atoms with E-state index in [1.807, 2.05) is 68.4 Å². The van der Waals surface area contributed by atoms with Crippen LogP contribution in [-0.2, 0) is 32.6 Å². The van der Waals surface area contributed by atoms with Gasteiger partial charge in [-0.2, -0.15) is 0 Å². The second-order valence-corrected chi connectivity index (χ2v) is 14.2. The van der Waals surface area contributed by atoms with Crippen LogP contribution in [0.4, 0.5) is 10.1 Å². The fraction of sp³-hybridized carbons (Fsp3) is 0.316. The summed E-state index contributed by atoms with van der Waals surface area (Å²) in [6.07, 6.45) is 5.22. The maximum Gasteiger partial charge on any atom is 0.264 e. The number of aryl methyl sites for hydroxylation is 2. The lowest BCUT2D eigenvalue weighted by Gasteiger charge is -2.35. The van der Waals surface area contributed by atoms with E-state index in [0.717, 1.165) is 70.8 Å². The molecule has 0 aromatic heterocycles. The van der Waals surface area contributed by atoms with Crippen LogP contribution >= 0.6 is 0 Å². The molecule has 5 rings (SSSR count). The van der Waals surface area contributed by atoms with Crippen molar-refractivity contribution in [3.63, 3.8) is 0 Å². The quantitative estimate of drug-likeness (QED) is 0.184. The first kappa shape index (κ1) is 33.9. The van der Waals surface area contributed by atoms with Crippen LogP contribution in [0.5, 0.6) is 0 Å². The van der Waals surface area contributed by atoms with E-state index in [1.54, 1.807) is 24.3 Å². The van der Waals surface area contributed by atoms with Crippen molar-refractivity contribution in [3.8, 4) is 0 Å². The molecule has 246 valence electrons. The average molecular weight is 656 g/mol. The third-order valence-corrected chi connectivity index (χ3v) is 10.5. The lowest BCUT2D eigenvalue weighted by molar-refractivity contribution is -0.140. The molecule has 0 heterocycles. The van der Waals surface area contributed by atoms with Gasteiger partial charge in [0, 0.05) is 19.0 Å². The Morgan fingerprint density at radius 3 is 2.00 bits per heavy atom. The highest BCUT2D eigenvalue weighted by Gasteiger charge is 2.35. The molecule has 4 aromatic carbocycles. The second-order valence-electron chi connectivity index (χ2n) is 12.4. The Kier molecular flexibility index (Phi) is 11.1. The third-order valence-electron chi connectivity index (χ3n) is 8.70. The summed E-state index contributed by atoms with van der Waals surface area (Å²) in [5.74, 6) is -1.36. The molecule has 0 saturated heterocycles. The van der Waals surface area contributed by atoms with Gasteiger partial charge in [0.05, 0.1) is 10.6 Å². The summed E-state index contributed by atoms with van der Waals surface area (Å²) in [4.78, 5) is 30.1. The molecule has 1 unspecified atom stereocenters. The van der Waals surface area contributed by atoms with Crippen molar-refractivity contribution in [2.75, 3.05) is 10.8 Å². The summed E-state index contributed by atoms with van der Waals surface area (Å²) in [7, 11) is -4.30. The van der Waals surface area contributed by atoms with Crippen molar-refractivity contribution in [2.24, 2.45) is 0 Å². The Morgan fingerprint density at radius 2 is 1.38 bits per heavy atom. The van der Waals surface area contributed by atoms with E-state index in [9.17, 15) is 22.4 Å². The van der Waals surface area contributed by atoms with Crippen molar-refractivity contribution < 1.29 is 22.4 Å². The van der Waals surface area contributed by atoms with E-state index in [1.165, 1.54) is 17.0 Å². The molecule has 0 bridgehead atoms. The van der Waals surface area contributed by atoms with Gasteiger partial charge in [-0.15, -0.1) is 0 Å². The minimum atomic E-state index is -4.30. The van der Waals surface area contributed by atoms with Crippen LogP contribution in [0.3, 0.4) is 0 Å². The fourth-order valence-electron chi connectivity index (χ4n) is 5.96. The summed E-state index contributed by atoms with van der Waals surface area (Å²) in [5, 5.41) is 3.22. The number of carbonyl (C=O) groups is 2. The summed E-state index contributed by atoms with van der Waals surface area (Å²) in [5.41, 5.74) is 3.96. The van der Waals surface area contributed by atoms with E-state index in [2.05, 4.69) is 5.32 Å². The van der Waals surface area contributed by atoms with Crippen LogP contribution in [0.15, 0.2) is 108 Å². The van der Waals surface area contributed by atoms with E-state index in [0.29, 0.717) is 0 Å². The van der Waals surface area contributed by atoms with E-state index >= 15 is 0 Å². The number of benzene rings is 4. The number of halogens is 1. The monoisotopic (exact) mass is 655 g/mol. The molecule has 1 aliphatic carbocycles. The molecule has 1 aliphatic rings. The molecule has 4 aromatic rings. The molecular formula is C38H42FN3O4S. The maximum absolute atomic E-state index is 14.6. The molecule has 47 heavy (non-hydrogen) atoms. The Morgan fingerprint density at radius 1 is 0.787 bits per heavy atom. The fourth-order valence-corrected chi connectivity index (χ4v) is 7.38. The molecule has 1 N–H and O–H groups in total. The van der Waals surface area contributed by atoms with E-state index in [-0.39, 0.29) is 35.5 Å². The largest absolute Gasteiger partial charge is 0.352 e. The lowest BCUT2D eigenvalue weighted by Crippen LogP contribution is -2.55. The molecule has 7 nitrogen and oxygen atoms in total. The Labute approximate surface area is 277 Å². The van der Waals surface area contributed by atoms with Gasteiger partial charge in [-0.25, -0.2) is 12.8 Å². The van der Waals surface area contributed by atoms with Crippen molar-refractivity contribution in [1.29, 1.82) is 0 Å².